The Hall–Kier alpha value is -2.04. The van der Waals surface area contributed by atoms with Gasteiger partial charge in [0.1, 0.15) is 0 Å². The van der Waals surface area contributed by atoms with Crippen LogP contribution in [-0.2, 0) is 4.79 Å². The van der Waals surface area contributed by atoms with E-state index in [2.05, 4.69) is 31.0 Å². The van der Waals surface area contributed by atoms with E-state index in [1.807, 2.05) is 23.1 Å². The maximum Gasteiger partial charge on any atom is 0.256 e. The van der Waals surface area contributed by atoms with Gasteiger partial charge in [-0.05, 0) is 62.1 Å². The number of anilines is 2. The van der Waals surface area contributed by atoms with Gasteiger partial charge in [0.2, 0.25) is 5.91 Å². The number of carbonyl (C=O) groups excluding carboxylic acids is 2. The number of nitrogens with zero attached hydrogens (tertiary/aromatic N) is 2. The summed E-state index contributed by atoms with van der Waals surface area (Å²) in [7, 11) is 0. The Balaban J connectivity index is 1.71. The Labute approximate surface area is 194 Å². The molecule has 0 aliphatic carbocycles. The van der Waals surface area contributed by atoms with Crippen LogP contribution >= 0.6 is 0 Å². The van der Waals surface area contributed by atoms with Crippen LogP contribution < -0.4 is 10.2 Å². The number of likely N-dealkylation sites (tertiary alicyclic amines) is 1. The average Bonchev–Trinajstić information content (AvgIpc) is 2.79. The molecule has 1 aromatic rings. The van der Waals surface area contributed by atoms with Gasteiger partial charge in [-0.1, -0.05) is 46.5 Å². The summed E-state index contributed by atoms with van der Waals surface area (Å²) in [6.45, 7) is 10.4. The number of carbonyl (C=O) groups is 2. The van der Waals surface area contributed by atoms with E-state index in [1.165, 1.54) is 19.3 Å². The molecular weight excluding hydrogens is 398 g/mol. The molecule has 0 spiro atoms. The smallest absolute Gasteiger partial charge is 0.256 e. The molecule has 0 atom stereocenters. The fourth-order valence-electron chi connectivity index (χ4n) is 4.80. The normalized spacial score (nSPS) is 18.1. The number of rotatable bonds is 9. The maximum atomic E-state index is 13.5. The van der Waals surface area contributed by atoms with Crippen LogP contribution in [0.3, 0.4) is 0 Å². The zero-order chi connectivity index (χ0) is 22.9. The predicted molar refractivity (Wildman–Crippen MR) is 133 cm³/mol. The van der Waals surface area contributed by atoms with Crippen molar-refractivity contribution in [3.05, 3.63) is 23.8 Å². The topological polar surface area (TPSA) is 52.7 Å². The summed E-state index contributed by atoms with van der Waals surface area (Å²) in [5.41, 5.74) is 2.51. The summed E-state index contributed by atoms with van der Waals surface area (Å²) in [5, 5.41) is 3.05. The minimum Gasteiger partial charge on any atom is -0.371 e. The molecular formula is C27H43N3O2. The fourth-order valence-corrected chi connectivity index (χ4v) is 4.80. The molecule has 2 aliphatic heterocycles. The van der Waals surface area contributed by atoms with Crippen molar-refractivity contribution in [1.82, 2.24) is 4.90 Å². The molecule has 3 rings (SSSR count). The SMILES string of the molecule is CCCCCCCC(=O)Nc1ccc(N2CCC(C)CC2)c(C(=O)N2CCC(C)CC2)c1. The lowest BCUT2D eigenvalue weighted by atomic mass is 9.96. The van der Waals surface area contributed by atoms with E-state index < -0.39 is 0 Å². The van der Waals surface area contributed by atoms with Gasteiger partial charge in [0.25, 0.3) is 5.91 Å². The zero-order valence-corrected chi connectivity index (χ0v) is 20.5. The molecule has 5 heteroatoms. The molecule has 178 valence electrons. The lowest BCUT2D eigenvalue weighted by Crippen LogP contribution is -2.40. The van der Waals surface area contributed by atoms with Gasteiger partial charge in [-0.25, -0.2) is 0 Å². The Morgan fingerprint density at radius 2 is 1.53 bits per heavy atom. The van der Waals surface area contributed by atoms with E-state index in [0.717, 1.165) is 87.6 Å². The van der Waals surface area contributed by atoms with Crippen LogP contribution in [-0.4, -0.2) is 42.9 Å². The predicted octanol–water partition coefficient (Wildman–Crippen LogP) is 6.09. The first-order chi connectivity index (χ1) is 15.5. The van der Waals surface area contributed by atoms with E-state index in [1.54, 1.807) is 0 Å². The van der Waals surface area contributed by atoms with Gasteiger partial charge in [0.15, 0.2) is 0 Å². The Kier molecular flexibility index (Phi) is 9.43. The fraction of sp³-hybridized carbons (Fsp3) is 0.704. The van der Waals surface area contributed by atoms with Crippen molar-refractivity contribution in [2.24, 2.45) is 11.8 Å². The number of piperidine rings is 2. The van der Waals surface area contributed by atoms with E-state index in [9.17, 15) is 9.59 Å². The molecule has 2 fully saturated rings. The van der Waals surface area contributed by atoms with Crippen LogP contribution in [0.25, 0.3) is 0 Å². The second kappa shape index (κ2) is 12.3. The summed E-state index contributed by atoms with van der Waals surface area (Å²) in [4.78, 5) is 30.4. The van der Waals surface area contributed by atoms with Gasteiger partial charge in [-0.3, -0.25) is 9.59 Å². The molecule has 2 amide bonds. The van der Waals surface area contributed by atoms with Crippen molar-refractivity contribution in [2.75, 3.05) is 36.4 Å². The van der Waals surface area contributed by atoms with Crippen LogP contribution in [0.15, 0.2) is 18.2 Å². The third-order valence-corrected chi connectivity index (χ3v) is 7.21. The molecule has 0 saturated carbocycles. The van der Waals surface area contributed by atoms with E-state index in [4.69, 9.17) is 0 Å². The van der Waals surface area contributed by atoms with Crippen molar-refractivity contribution in [2.45, 2.75) is 85.0 Å². The second-order valence-corrected chi connectivity index (χ2v) is 10.1. The Bertz CT molecular complexity index is 747. The van der Waals surface area contributed by atoms with E-state index in [0.29, 0.717) is 12.3 Å². The van der Waals surface area contributed by atoms with Gasteiger partial charge < -0.3 is 15.1 Å². The molecule has 0 radical (unpaired) electrons. The molecule has 0 unspecified atom stereocenters. The minimum absolute atomic E-state index is 0.0474. The summed E-state index contributed by atoms with van der Waals surface area (Å²) < 4.78 is 0. The first-order valence-corrected chi connectivity index (χ1v) is 13.0. The molecule has 32 heavy (non-hydrogen) atoms. The molecule has 1 aromatic carbocycles. The van der Waals surface area contributed by atoms with Gasteiger partial charge in [0, 0.05) is 44.0 Å². The Morgan fingerprint density at radius 3 is 2.19 bits per heavy atom. The molecule has 2 heterocycles. The minimum atomic E-state index is 0.0474. The number of amides is 2. The standard InChI is InChI=1S/C27H43N3O2/c1-4-5-6-7-8-9-26(31)28-23-10-11-25(29-16-12-21(2)13-17-29)24(20-23)27(32)30-18-14-22(3)15-19-30/h10-11,20-22H,4-9,12-19H2,1-3H3,(H,28,31). The van der Waals surface area contributed by atoms with Crippen LogP contribution in [0.1, 0.15) is 95.3 Å². The summed E-state index contributed by atoms with van der Waals surface area (Å²) in [5.74, 6) is 1.59. The highest BCUT2D eigenvalue weighted by molar-refractivity contribution is 6.02. The first-order valence-electron chi connectivity index (χ1n) is 13.0. The van der Waals surface area contributed by atoms with Crippen molar-refractivity contribution in [3.63, 3.8) is 0 Å². The summed E-state index contributed by atoms with van der Waals surface area (Å²) in [6, 6.07) is 5.94. The molecule has 2 aliphatic rings. The zero-order valence-electron chi connectivity index (χ0n) is 20.5. The van der Waals surface area contributed by atoms with Gasteiger partial charge in [0.05, 0.1) is 5.56 Å². The summed E-state index contributed by atoms with van der Waals surface area (Å²) >= 11 is 0. The highest BCUT2D eigenvalue weighted by Crippen LogP contribution is 2.31. The van der Waals surface area contributed by atoms with Crippen LogP contribution in [0.2, 0.25) is 0 Å². The molecule has 1 N–H and O–H groups in total. The lowest BCUT2D eigenvalue weighted by molar-refractivity contribution is -0.116. The average molecular weight is 442 g/mol. The van der Waals surface area contributed by atoms with Crippen molar-refractivity contribution in [3.8, 4) is 0 Å². The van der Waals surface area contributed by atoms with Crippen LogP contribution in [0, 0.1) is 11.8 Å². The number of hydrogen-bond acceptors (Lipinski definition) is 3. The highest BCUT2D eigenvalue weighted by atomic mass is 16.2. The molecule has 0 aromatic heterocycles. The number of benzene rings is 1. The van der Waals surface area contributed by atoms with Crippen LogP contribution in [0.4, 0.5) is 11.4 Å². The van der Waals surface area contributed by atoms with Crippen LogP contribution in [0.5, 0.6) is 0 Å². The first kappa shape index (κ1) is 24.6. The molecule has 0 bridgehead atoms. The highest BCUT2D eigenvalue weighted by Gasteiger charge is 2.27. The maximum absolute atomic E-state index is 13.5. The number of hydrogen-bond donors (Lipinski definition) is 1. The summed E-state index contributed by atoms with van der Waals surface area (Å²) in [6.07, 6.45) is 10.7. The number of unbranched alkanes of at least 4 members (excludes halogenated alkanes) is 4. The van der Waals surface area contributed by atoms with Crippen molar-refractivity contribution < 1.29 is 9.59 Å². The largest absolute Gasteiger partial charge is 0.371 e. The molecule has 2 saturated heterocycles. The third-order valence-electron chi connectivity index (χ3n) is 7.21. The van der Waals surface area contributed by atoms with Gasteiger partial charge in [-0.15, -0.1) is 0 Å². The Morgan fingerprint density at radius 1 is 0.906 bits per heavy atom. The molecule has 5 nitrogen and oxygen atoms in total. The second-order valence-electron chi connectivity index (χ2n) is 10.1. The third kappa shape index (κ3) is 6.98. The lowest BCUT2D eigenvalue weighted by Gasteiger charge is -2.35. The van der Waals surface area contributed by atoms with Gasteiger partial charge in [-0.2, -0.15) is 0 Å². The number of nitrogens with one attached hydrogen (secondary N) is 1. The monoisotopic (exact) mass is 441 g/mol. The van der Waals surface area contributed by atoms with Crippen molar-refractivity contribution in [1.29, 1.82) is 0 Å². The van der Waals surface area contributed by atoms with E-state index in [-0.39, 0.29) is 11.8 Å². The quantitative estimate of drug-likeness (QED) is 0.472. The van der Waals surface area contributed by atoms with Crippen molar-refractivity contribution >= 4 is 23.2 Å². The van der Waals surface area contributed by atoms with Gasteiger partial charge >= 0.3 is 0 Å². The van der Waals surface area contributed by atoms with E-state index >= 15 is 0 Å².